The summed E-state index contributed by atoms with van der Waals surface area (Å²) in [7, 11) is 2.05. The van der Waals surface area contributed by atoms with Crippen LogP contribution in [0.3, 0.4) is 0 Å². The van der Waals surface area contributed by atoms with E-state index in [1.807, 2.05) is 33.8 Å². The number of amides is 2. The van der Waals surface area contributed by atoms with Gasteiger partial charge in [-0.1, -0.05) is 45.9 Å². The van der Waals surface area contributed by atoms with Gasteiger partial charge in [0.15, 0.2) is 5.60 Å². The topological polar surface area (TPSA) is 106 Å². The molecule has 10 heteroatoms. The first-order valence-corrected chi connectivity index (χ1v) is 16.5. The van der Waals surface area contributed by atoms with Crippen LogP contribution in [0.15, 0.2) is 28.9 Å². The summed E-state index contributed by atoms with van der Waals surface area (Å²) in [5.74, 6) is -3.32. The standard InChI is InChI=1S/C33H41BrN4O5/c1-17(2)12-25-30(40)37-11-7-10-27(37)33(42)38(25)31(41)32(43-33,18(3)4)15-26(39)19-13-21-20-8-6-9-23-28(20)22(29(34)35-23)14-24(21)36(5)16-19/h6,8-9,13,17-19,24-25,27,35,42H,7,10-12,14-16H2,1-5H3/t19-,24-,25+,27+,32-,33+/m1/s1. The third kappa shape index (κ3) is 4.09. The lowest BCUT2D eigenvalue weighted by molar-refractivity contribution is -0.319. The van der Waals surface area contributed by atoms with Gasteiger partial charge in [-0.05, 0) is 83.3 Å². The number of aromatic amines is 1. The minimum Gasteiger partial charge on any atom is -0.349 e. The van der Waals surface area contributed by atoms with E-state index in [0.717, 1.165) is 34.1 Å². The molecule has 4 aliphatic heterocycles. The Bertz CT molecular complexity index is 1570. The van der Waals surface area contributed by atoms with E-state index >= 15 is 0 Å². The normalized spacial score (nSPS) is 33.8. The van der Waals surface area contributed by atoms with Crippen molar-refractivity contribution < 1.29 is 24.2 Å². The molecule has 43 heavy (non-hydrogen) atoms. The van der Waals surface area contributed by atoms with Crippen molar-refractivity contribution in [1.82, 2.24) is 19.7 Å². The van der Waals surface area contributed by atoms with E-state index in [2.05, 4.69) is 51.1 Å². The van der Waals surface area contributed by atoms with E-state index in [1.54, 1.807) is 4.90 Å². The monoisotopic (exact) mass is 652 g/mol. The number of fused-ring (bicyclic) bond motifs is 5. The van der Waals surface area contributed by atoms with Crippen LogP contribution in [0.4, 0.5) is 0 Å². The molecule has 9 nitrogen and oxygen atoms in total. The van der Waals surface area contributed by atoms with Crippen molar-refractivity contribution in [2.75, 3.05) is 20.1 Å². The van der Waals surface area contributed by atoms with E-state index in [4.69, 9.17) is 4.74 Å². The summed E-state index contributed by atoms with van der Waals surface area (Å²) in [5, 5.41) is 13.4. The van der Waals surface area contributed by atoms with Gasteiger partial charge < -0.3 is 19.7 Å². The maximum absolute atomic E-state index is 14.5. The molecule has 0 saturated carbocycles. The number of hydrogen-bond acceptors (Lipinski definition) is 6. The number of nitrogens with zero attached hydrogens (tertiary/aromatic N) is 3. The van der Waals surface area contributed by atoms with Gasteiger partial charge in [-0.15, -0.1) is 0 Å². The highest BCUT2D eigenvalue weighted by Gasteiger charge is 2.71. The van der Waals surface area contributed by atoms with Crippen LogP contribution in [0.1, 0.15) is 64.5 Å². The van der Waals surface area contributed by atoms with Crippen LogP contribution >= 0.6 is 15.9 Å². The average Bonchev–Trinajstić information content (AvgIpc) is 3.63. The Hall–Kier alpha value is -2.53. The van der Waals surface area contributed by atoms with Crippen LogP contribution in [0, 0.1) is 17.8 Å². The smallest absolute Gasteiger partial charge is 0.274 e. The fraction of sp³-hybridized carbons (Fsp3) is 0.606. The lowest BCUT2D eigenvalue weighted by Crippen LogP contribution is -2.71. The molecule has 2 amide bonds. The molecule has 0 bridgehead atoms. The van der Waals surface area contributed by atoms with Gasteiger partial charge in [0.2, 0.25) is 5.91 Å². The highest BCUT2D eigenvalue weighted by atomic mass is 79.9. The fourth-order valence-corrected chi connectivity index (χ4v) is 9.02. The van der Waals surface area contributed by atoms with Gasteiger partial charge in [0.25, 0.3) is 11.8 Å². The molecule has 7 rings (SSSR count). The van der Waals surface area contributed by atoms with Gasteiger partial charge in [-0.25, -0.2) is 0 Å². The Balaban J connectivity index is 1.25. The molecule has 230 valence electrons. The molecular weight excluding hydrogens is 612 g/mol. The third-order valence-corrected chi connectivity index (χ3v) is 11.3. The number of aliphatic hydroxyl groups is 1. The largest absolute Gasteiger partial charge is 0.349 e. The summed E-state index contributed by atoms with van der Waals surface area (Å²) in [5.41, 5.74) is 3.03. The van der Waals surface area contributed by atoms with Crippen LogP contribution in [-0.2, 0) is 25.5 Å². The summed E-state index contributed by atoms with van der Waals surface area (Å²) in [6.07, 6.45) is 4.49. The van der Waals surface area contributed by atoms with Crippen LogP contribution in [0.5, 0.6) is 0 Å². The number of piperazine rings is 1. The molecule has 3 saturated heterocycles. The first-order chi connectivity index (χ1) is 20.4. The number of ketones is 1. The predicted octanol–water partition coefficient (Wildman–Crippen LogP) is 4.08. The van der Waals surface area contributed by atoms with Crippen LogP contribution < -0.4 is 0 Å². The van der Waals surface area contributed by atoms with E-state index in [9.17, 15) is 19.5 Å². The maximum atomic E-state index is 14.5. The second kappa shape index (κ2) is 9.99. The molecule has 1 aliphatic carbocycles. The van der Waals surface area contributed by atoms with Crippen molar-refractivity contribution in [2.45, 2.75) is 89.4 Å². The number of likely N-dealkylation sites (N-methyl/N-ethyl adjacent to an activating group) is 1. The van der Waals surface area contributed by atoms with Gasteiger partial charge in [-0.2, -0.15) is 0 Å². The summed E-state index contributed by atoms with van der Waals surface area (Å²) in [6.45, 7) is 8.81. The van der Waals surface area contributed by atoms with E-state index in [-0.39, 0.29) is 30.1 Å². The Labute approximate surface area is 260 Å². The molecule has 3 fully saturated rings. The molecule has 2 aromatic rings. The number of benzene rings is 1. The number of rotatable bonds is 6. The van der Waals surface area contributed by atoms with Gasteiger partial charge in [-0.3, -0.25) is 24.2 Å². The van der Waals surface area contributed by atoms with Crippen molar-refractivity contribution in [3.63, 3.8) is 0 Å². The molecule has 0 spiro atoms. The highest BCUT2D eigenvalue weighted by Crippen LogP contribution is 2.51. The van der Waals surface area contributed by atoms with Crippen LogP contribution in [0.25, 0.3) is 16.5 Å². The summed E-state index contributed by atoms with van der Waals surface area (Å²) < 4.78 is 7.55. The van der Waals surface area contributed by atoms with Crippen LogP contribution in [0.2, 0.25) is 0 Å². The van der Waals surface area contributed by atoms with Crippen molar-refractivity contribution >= 4 is 50.0 Å². The Morgan fingerprint density at radius 1 is 1.23 bits per heavy atom. The molecule has 1 aromatic heterocycles. The molecule has 1 aromatic carbocycles. The number of carbonyl (C=O) groups is 3. The number of hydrogen-bond donors (Lipinski definition) is 2. The average molecular weight is 654 g/mol. The third-order valence-electron chi connectivity index (χ3n) is 10.6. The second-order valence-electron chi connectivity index (χ2n) is 14.0. The molecule has 0 radical (unpaired) electrons. The van der Waals surface area contributed by atoms with Gasteiger partial charge in [0, 0.05) is 42.4 Å². The van der Waals surface area contributed by atoms with Crippen molar-refractivity contribution in [3.8, 4) is 0 Å². The van der Waals surface area contributed by atoms with Gasteiger partial charge in [0.05, 0.1) is 4.60 Å². The zero-order valence-electron chi connectivity index (χ0n) is 25.5. The molecule has 0 unspecified atom stereocenters. The lowest BCUT2D eigenvalue weighted by atomic mass is 9.76. The summed E-state index contributed by atoms with van der Waals surface area (Å²) in [6, 6.07) is 4.92. The van der Waals surface area contributed by atoms with Crippen LogP contribution in [-0.4, -0.2) is 92.2 Å². The number of aromatic nitrogens is 1. The van der Waals surface area contributed by atoms with Gasteiger partial charge >= 0.3 is 0 Å². The predicted molar refractivity (Wildman–Crippen MR) is 166 cm³/mol. The number of Topliss-reactive ketones (excluding diaryl/α,β-unsaturated/α-hetero) is 1. The van der Waals surface area contributed by atoms with Gasteiger partial charge in [0.1, 0.15) is 17.9 Å². The zero-order chi connectivity index (χ0) is 30.6. The van der Waals surface area contributed by atoms with E-state index in [1.165, 1.54) is 15.8 Å². The number of halogens is 1. The Morgan fingerprint density at radius 3 is 2.72 bits per heavy atom. The first-order valence-electron chi connectivity index (χ1n) is 15.7. The summed E-state index contributed by atoms with van der Waals surface area (Å²) >= 11 is 3.71. The quantitative estimate of drug-likeness (QED) is 0.487. The number of H-pyrrole nitrogens is 1. The fourth-order valence-electron chi connectivity index (χ4n) is 8.45. The van der Waals surface area contributed by atoms with Crippen molar-refractivity contribution in [1.29, 1.82) is 0 Å². The SMILES string of the molecule is CC(C)C[C@H]1C(=O)N2CCC[C@H]2[C@]2(O)O[C@](CC(=O)[C@@H]3C=C4c5cccc6[nH]c(Br)c(c56)C[C@H]4N(C)C3)(C(C)C)C(=O)N12. The molecule has 5 heterocycles. The summed E-state index contributed by atoms with van der Waals surface area (Å²) in [4.78, 5) is 51.1. The molecule has 5 aliphatic rings. The Morgan fingerprint density at radius 2 is 2.00 bits per heavy atom. The van der Waals surface area contributed by atoms with E-state index in [0.29, 0.717) is 25.9 Å². The van der Waals surface area contributed by atoms with E-state index < -0.39 is 41.3 Å². The Kier molecular flexibility index (Phi) is 6.78. The van der Waals surface area contributed by atoms with Crippen molar-refractivity contribution in [3.05, 3.63) is 40.0 Å². The lowest BCUT2D eigenvalue weighted by Gasteiger charge is -2.49. The molecular formula is C33H41BrN4O5. The first kappa shape index (κ1) is 29.2. The zero-order valence-corrected chi connectivity index (χ0v) is 27.1. The number of carbonyl (C=O) groups excluding carboxylic acids is 3. The highest BCUT2D eigenvalue weighted by molar-refractivity contribution is 9.10. The number of nitrogens with one attached hydrogen (secondary N) is 1. The molecule has 6 atom stereocenters. The minimum atomic E-state index is -1.95. The minimum absolute atomic E-state index is 0.0912. The molecule has 2 N–H and O–H groups in total. The number of ether oxygens (including phenoxy) is 1. The van der Waals surface area contributed by atoms with Crippen molar-refractivity contribution in [2.24, 2.45) is 17.8 Å². The second-order valence-corrected chi connectivity index (χ2v) is 14.8. The maximum Gasteiger partial charge on any atom is 0.274 e.